The Morgan fingerprint density at radius 1 is 0.682 bits per heavy atom. The van der Waals surface area contributed by atoms with Gasteiger partial charge < -0.3 is 29.2 Å². The molecule has 0 aliphatic heterocycles. The van der Waals surface area contributed by atoms with E-state index in [1.807, 2.05) is 0 Å². The Hall–Kier alpha value is -4.63. The molecule has 44 heavy (non-hydrogen) atoms. The van der Waals surface area contributed by atoms with Crippen molar-refractivity contribution in [1.29, 1.82) is 0 Å². The van der Waals surface area contributed by atoms with Crippen molar-refractivity contribution in [3.8, 4) is 28.4 Å². The van der Waals surface area contributed by atoms with Gasteiger partial charge >= 0.3 is 17.9 Å². The molecule has 0 aromatic heterocycles. The number of hydrogen-bond donors (Lipinski definition) is 2. The highest BCUT2D eigenvalue weighted by Gasteiger charge is 2.15. The molecular weight excluding hydrogens is 564 g/mol. The van der Waals surface area contributed by atoms with E-state index in [9.17, 15) is 19.5 Å². The molecular formula is C35H40O9. The van der Waals surface area contributed by atoms with Gasteiger partial charge in [0.15, 0.2) is 0 Å². The Kier molecular flexibility index (Phi) is 14.5. The third-order valence-corrected chi connectivity index (χ3v) is 6.73. The van der Waals surface area contributed by atoms with E-state index < -0.39 is 17.9 Å². The summed E-state index contributed by atoms with van der Waals surface area (Å²) in [5.41, 5.74) is 1.65. The van der Waals surface area contributed by atoms with Gasteiger partial charge in [0.05, 0.1) is 30.9 Å². The molecule has 3 aromatic rings. The van der Waals surface area contributed by atoms with Crippen LogP contribution in [0.5, 0.6) is 17.2 Å². The number of carbonyl (C=O) groups excluding carboxylic acids is 2. The molecule has 3 rings (SSSR count). The second-order valence-corrected chi connectivity index (χ2v) is 10.1. The van der Waals surface area contributed by atoms with Crippen LogP contribution in [0, 0.1) is 0 Å². The van der Waals surface area contributed by atoms with Crippen LogP contribution in [0.4, 0.5) is 0 Å². The van der Waals surface area contributed by atoms with Gasteiger partial charge in [-0.3, -0.25) is 0 Å². The zero-order valence-electron chi connectivity index (χ0n) is 24.9. The molecule has 0 aliphatic carbocycles. The number of aliphatic hydroxyl groups excluding tert-OH is 1. The molecule has 0 aliphatic rings. The zero-order chi connectivity index (χ0) is 31.6. The van der Waals surface area contributed by atoms with Crippen LogP contribution in [0.1, 0.15) is 72.1 Å². The smallest absolute Gasteiger partial charge is 0.343 e. The number of aliphatic hydroxyl groups is 1. The van der Waals surface area contributed by atoms with Crippen molar-refractivity contribution in [2.24, 2.45) is 0 Å². The molecule has 0 amide bonds. The van der Waals surface area contributed by atoms with Crippen molar-refractivity contribution in [3.63, 3.8) is 0 Å². The molecule has 0 heterocycles. The van der Waals surface area contributed by atoms with E-state index in [0.717, 1.165) is 57.4 Å². The highest BCUT2D eigenvalue weighted by atomic mass is 16.5. The minimum atomic E-state index is -1.05. The first-order valence-electron chi connectivity index (χ1n) is 14.9. The number of carbonyl (C=O) groups is 3. The fourth-order valence-corrected chi connectivity index (χ4v) is 4.33. The van der Waals surface area contributed by atoms with E-state index in [0.29, 0.717) is 53.8 Å². The van der Waals surface area contributed by atoms with Gasteiger partial charge in [0, 0.05) is 12.7 Å². The lowest BCUT2D eigenvalue weighted by molar-refractivity contribution is -0.137. The Bertz CT molecular complexity index is 1350. The number of hydrogen-bond acceptors (Lipinski definition) is 8. The van der Waals surface area contributed by atoms with Crippen LogP contribution in [0.2, 0.25) is 0 Å². The maximum Gasteiger partial charge on any atom is 0.343 e. The summed E-state index contributed by atoms with van der Waals surface area (Å²) < 4.78 is 22.0. The summed E-state index contributed by atoms with van der Waals surface area (Å²) in [6, 6.07) is 18.2. The molecule has 0 radical (unpaired) electrons. The summed E-state index contributed by atoms with van der Waals surface area (Å²) in [5.74, 6) is -0.447. The molecule has 0 unspecified atom stereocenters. The van der Waals surface area contributed by atoms with E-state index >= 15 is 0 Å². The lowest BCUT2D eigenvalue weighted by atomic mass is 9.99. The van der Waals surface area contributed by atoms with Gasteiger partial charge in [-0.15, -0.1) is 0 Å². The first-order valence-corrected chi connectivity index (χ1v) is 14.9. The lowest BCUT2D eigenvalue weighted by Crippen LogP contribution is -2.08. The van der Waals surface area contributed by atoms with Crippen LogP contribution in [0.25, 0.3) is 11.1 Å². The maximum absolute atomic E-state index is 12.7. The number of rotatable bonds is 20. The van der Waals surface area contributed by atoms with Crippen LogP contribution in [-0.4, -0.2) is 54.5 Å². The minimum Gasteiger partial charge on any atom is -0.494 e. The van der Waals surface area contributed by atoms with Crippen molar-refractivity contribution in [3.05, 3.63) is 90.5 Å². The summed E-state index contributed by atoms with van der Waals surface area (Å²) in [4.78, 5) is 35.5. The van der Waals surface area contributed by atoms with Crippen molar-refractivity contribution in [2.75, 3.05) is 26.4 Å². The van der Waals surface area contributed by atoms with E-state index in [-0.39, 0.29) is 12.2 Å². The van der Waals surface area contributed by atoms with Gasteiger partial charge in [-0.1, -0.05) is 25.1 Å². The molecule has 0 saturated carbocycles. The summed E-state index contributed by atoms with van der Waals surface area (Å²) in [6.45, 7) is 4.96. The number of esters is 2. The molecule has 9 heteroatoms. The van der Waals surface area contributed by atoms with Crippen molar-refractivity contribution in [2.45, 2.75) is 51.4 Å². The monoisotopic (exact) mass is 604 g/mol. The number of carboxylic acid groups (broad SMARTS) is 1. The van der Waals surface area contributed by atoms with Crippen LogP contribution in [-0.2, 0) is 9.53 Å². The predicted molar refractivity (Wildman–Crippen MR) is 166 cm³/mol. The summed E-state index contributed by atoms with van der Waals surface area (Å²) in [6.07, 6.45) is 8.15. The number of unbranched alkanes of at least 4 members (excludes halogenated alkanes) is 6. The maximum atomic E-state index is 12.7. The normalized spacial score (nSPS) is 10.6. The molecule has 2 N–H and O–H groups in total. The Balaban J connectivity index is 1.48. The average Bonchev–Trinajstić information content (AvgIpc) is 3.04. The van der Waals surface area contributed by atoms with Gasteiger partial charge in [0.1, 0.15) is 17.2 Å². The van der Waals surface area contributed by atoms with Gasteiger partial charge in [-0.2, -0.15) is 0 Å². The van der Waals surface area contributed by atoms with Gasteiger partial charge in [0.25, 0.3) is 0 Å². The quantitative estimate of drug-likeness (QED) is 0.0614. The second kappa shape index (κ2) is 18.8. The van der Waals surface area contributed by atoms with Crippen LogP contribution in [0.15, 0.2) is 79.4 Å². The predicted octanol–water partition coefficient (Wildman–Crippen LogP) is 6.87. The minimum absolute atomic E-state index is 0.138. The fourth-order valence-electron chi connectivity index (χ4n) is 4.33. The highest BCUT2D eigenvalue weighted by Crippen LogP contribution is 2.30. The fraction of sp³-hybridized carbons (Fsp3) is 0.343. The van der Waals surface area contributed by atoms with E-state index in [1.165, 1.54) is 6.07 Å². The Morgan fingerprint density at radius 3 is 1.86 bits per heavy atom. The molecule has 9 nitrogen and oxygen atoms in total. The second-order valence-electron chi connectivity index (χ2n) is 10.1. The molecule has 234 valence electrons. The summed E-state index contributed by atoms with van der Waals surface area (Å²) in [5, 5.41) is 18.6. The van der Waals surface area contributed by atoms with E-state index in [2.05, 4.69) is 6.58 Å². The number of ether oxygens (including phenoxy) is 4. The molecule has 3 aromatic carbocycles. The number of benzene rings is 3. The average molecular weight is 605 g/mol. The van der Waals surface area contributed by atoms with Gasteiger partial charge in [-0.25, -0.2) is 14.4 Å². The lowest BCUT2D eigenvalue weighted by Gasteiger charge is -2.12. The van der Waals surface area contributed by atoms with Crippen LogP contribution < -0.4 is 14.2 Å². The van der Waals surface area contributed by atoms with Gasteiger partial charge in [0.2, 0.25) is 0 Å². The zero-order valence-corrected chi connectivity index (χ0v) is 24.9. The number of carboxylic acids is 1. The van der Waals surface area contributed by atoms with Crippen LogP contribution in [0.3, 0.4) is 0 Å². The first-order chi connectivity index (χ1) is 21.4. The van der Waals surface area contributed by atoms with Crippen molar-refractivity contribution >= 4 is 17.9 Å². The van der Waals surface area contributed by atoms with Gasteiger partial charge in [-0.05, 0) is 111 Å². The Labute approximate surface area is 258 Å². The molecule has 0 bridgehead atoms. The third-order valence-electron chi connectivity index (χ3n) is 6.73. The standard InChI is InChI=1S/C35H40O9/c1-2-33(37)43-24-10-6-5-9-22-41-28-15-13-27(14-16-28)35(40)44-29-17-11-26(12-18-29)32-25-30(19-20-31(32)34(38)39)42-23-8-4-3-7-21-36/h2,11-20,25,36H,1,3-10,21-24H2,(H,38,39). The van der Waals surface area contributed by atoms with Crippen molar-refractivity contribution < 1.29 is 43.5 Å². The topological polar surface area (TPSA) is 129 Å². The third kappa shape index (κ3) is 11.6. The van der Waals surface area contributed by atoms with Crippen LogP contribution >= 0.6 is 0 Å². The largest absolute Gasteiger partial charge is 0.494 e. The highest BCUT2D eigenvalue weighted by molar-refractivity contribution is 5.96. The van der Waals surface area contributed by atoms with E-state index in [1.54, 1.807) is 60.7 Å². The molecule has 0 fully saturated rings. The van der Waals surface area contributed by atoms with E-state index in [4.69, 9.17) is 24.1 Å². The SMILES string of the molecule is C=CC(=O)OCCCCCCOc1ccc(C(=O)Oc2ccc(-c3cc(OCCCCCCO)ccc3C(=O)O)cc2)cc1. The van der Waals surface area contributed by atoms with Crippen molar-refractivity contribution in [1.82, 2.24) is 0 Å². The molecule has 0 atom stereocenters. The summed E-state index contributed by atoms with van der Waals surface area (Å²) in [7, 11) is 0. The first kappa shape index (κ1) is 33.9. The molecule has 0 saturated heterocycles. The summed E-state index contributed by atoms with van der Waals surface area (Å²) >= 11 is 0. The number of aromatic carboxylic acids is 1. The Morgan fingerprint density at radius 2 is 1.25 bits per heavy atom. The molecule has 0 spiro atoms.